The van der Waals surface area contributed by atoms with E-state index in [1.54, 1.807) is 0 Å². The van der Waals surface area contributed by atoms with Crippen LogP contribution in [0.15, 0.2) is 52.7 Å². The SMILES string of the molecule is CCCN(CCC)Sc1ccc(CCC(=O)Nc2nc(-c3ccc4c(c3)OCO4)cs2)cc1. The van der Waals surface area contributed by atoms with Crippen LogP contribution in [0.1, 0.15) is 38.7 Å². The van der Waals surface area contributed by atoms with Gasteiger partial charge in [-0.05, 0) is 67.1 Å². The summed E-state index contributed by atoms with van der Waals surface area (Å²) in [6, 6.07) is 14.3. The molecule has 0 bridgehead atoms. The molecule has 174 valence electrons. The van der Waals surface area contributed by atoms with Gasteiger partial charge >= 0.3 is 0 Å². The molecule has 0 radical (unpaired) electrons. The molecule has 0 unspecified atom stereocenters. The van der Waals surface area contributed by atoms with Gasteiger partial charge < -0.3 is 14.8 Å². The molecule has 0 atom stereocenters. The smallest absolute Gasteiger partial charge is 0.231 e. The van der Waals surface area contributed by atoms with Gasteiger partial charge in [0.1, 0.15) is 0 Å². The van der Waals surface area contributed by atoms with Gasteiger partial charge in [0.25, 0.3) is 0 Å². The van der Waals surface area contributed by atoms with Crippen LogP contribution < -0.4 is 14.8 Å². The maximum Gasteiger partial charge on any atom is 0.231 e. The van der Waals surface area contributed by atoms with Gasteiger partial charge in [0.2, 0.25) is 12.7 Å². The third-order valence-electron chi connectivity index (χ3n) is 5.16. The van der Waals surface area contributed by atoms with Crippen molar-refractivity contribution in [2.45, 2.75) is 44.4 Å². The van der Waals surface area contributed by atoms with Gasteiger partial charge in [-0.25, -0.2) is 9.29 Å². The first kappa shape index (κ1) is 23.6. The number of nitrogens with one attached hydrogen (secondary N) is 1. The van der Waals surface area contributed by atoms with Crippen molar-refractivity contribution < 1.29 is 14.3 Å². The lowest BCUT2D eigenvalue weighted by Crippen LogP contribution is -2.17. The van der Waals surface area contributed by atoms with Crippen molar-refractivity contribution in [3.8, 4) is 22.8 Å². The Labute approximate surface area is 203 Å². The Kier molecular flexibility index (Phi) is 8.25. The molecule has 1 aromatic heterocycles. The van der Waals surface area contributed by atoms with Crippen LogP contribution in [0.2, 0.25) is 0 Å². The fourth-order valence-corrected chi connectivity index (χ4v) is 5.37. The van der Waals surface area contributed by atoms with Crippen LogP contribution in [0.4, 0.5) is 5.13 Å². The van der Waals surface area contributed by atoms with Crippen LogP contribution in [-0.2, 0) is 11.2 Å². The molecule has 1 N–H and O–H groups in total. The van der Waals surface area contributed by atoms with E-state index < -0.39 is 0 Å². The number of benzene rings is 2. The maximum atomic E-state index is 12.4. The number of hydrogen-bond donors (Lipinski definition) is 1. The summed E-state index contributed by atoms with van der Waals surface area (Å²) in [7, 11) is 0. The van der Waals surface area contributed by atoms with Gasteiger partial charge in [-0.1, -0.05) is 26.0 Å². The van der Waals surface area contributed by atoms with E-state index in [1.165, 1.54) is 16.2 Å². The number of aryl methyl sites for hydroxylation is 1. The molecule has 0 spiro atoms. The topological polar surface area (TPSA) is 63.7 Å². The van der Waals surface area contributed by atoms with Crippen molar-refractivity contribution in [3.05, 3.63) is 53.4 Å². The molecule has 1 amide bonds. The van der Waals surface area contributed by atoms with Gasteiger partial charge in [0.15, 0.2) is 16.6 Å². The Morgan fingerprint density at radius 3 is 2.61 bits per heavy atom. The van der Waals surface area contributed by atoms with E-state index >= 15 is 0 Å². The number of carbonyl (C=O) groups excluding carboxylic acids is 1. The lowest BCUT2D eigenvalue weighted by molar-refractivity contribution is -0.116. The summed E-state index contributed by atoms with van der Waals surface area (Å²) in [6.45, 7) is 6.85. The number of rotatable bonds is 11. The second-order valence-electron chi connectivity index (χ2n) is 7.82. The molecule has 6 nitrogen and oxygen atoms in total. The quantitative estimate of drug-likeness (QED) is 0.326. The fourth-order valence-electron chi connectivity index (χ4n) is 3.53. The number of amides is 1. The molecule has 0 aliphatic carbocycles. The highest BCUT2D eigenvalue weighted by Gasteiger charge is 2.15. The predicted molar refractivity (Wildman–Crippen MR) is 135 cm³/mol. The number of fused-ring (bicyclic) bond motifs is 1. The first-order valence-electron chi connectivity index (χ1n) is 11.3. The van der Waals surface area contributed by atoms with Crippen LogP contribution in [0, 0.1) is 0 Å². The number of thiazole rings is 1. The average molecular weight is 484 g/mol. The molecule has 4 rings (SSSR count). The van der Waals surface area contributed by atoms with Crippen molar-refractivity contribution >= 4 is 34.3 Å². The first-order valence-corrected chi connectivity index (χ1v) is 13.0. The summed E-state index contributed by atoms with van der Waals surface area (Å²) >= 11 is 3.23. The van der Waals surface area contributed by atoms with Gasteiger partial charge in [-0.3, -0.25) is 4.79 Å². The summed E-state index contributed by atoms with van der Waals surface area (Å²) in [5, 5.41) is 5.46. The first-order chi connectivity index (χ1) is 16.1. The third kappa shape index (κ3) is 6.50. The lowest BCUT2D eigenvalue weighted by Gasteiger charge is -2.19. The third-order valence-corrected chi connectivity index (χ3v) is 7.03. The zero-order chi connectivity index (χ0) is 23.0. The Hall–Kier alpha value is -2.55. The Bertz CT molecular complexity index is 1060. The minimum absolute atomic E-state index is 0.0305. The molecule has 33 heavy (non-hydrogen) atoms. The number of carbonyl (C=O) groups is 1. The zero-order valence-corrected chi connectivity index (χ0v) is 20.6. The maximum absolute atomic E-state index is 12.4. The van der Waals surface area contributed by atoms with Crippen LogP contribution in [0.5, 0.6) is 11.5 Å². The normalized spacial score (nSPS) is 12.3. The zero-order valence-electron chi connectivity index (χ0n) is 19.0. The molecule has 0 fully saturated rings. The standard InChI is InChI=1S/C25H29N3O3S2/c1-3-13-28(14-4-2)33-20-9-5-18(6-10-20)7-12-24(29)27-25-26-21(16-32-25)19-8-11-22-23(15-19)31-17-30-22/h5-6,8-11,15-16H,3-4,7,12-14,17H2,1-2H3,(H,26,27,29). The highest BCUT2D eigenvalue weighted by atomic mass is 32.2. The van der Waals surface area contributed by atoms with E-state index in [-0.39, 0.29) is 12.7 Å². The molecule has 0 saturated heterocycles. The summed E-state index contributed by atoms with van der Waals surface area (Å²) in [6.07, 6.45) is 3.42. The summed E-state index contributed by atoms with van der Waals surface area (Å²) in [4.78, 5) is 18.2. The van der Waals surface area contributed by atoms with Crippen molar-refractivity contribution in [3.63, 3.8) is 0 Å². The van der Waals surface area contributed by atoms with Crippen LogP contribution in [0.3, 0.4) is 0 Å². The monoisotopic (exact) mass is 483 g/mol. The van der Waals surface area contributed by atoms with Crippen LogP contribution >= 0.6 is 23.3 Å². The molecule has 2 aromatic carbocycles. The highest BCUT2D eigenvalue weighted by Crippen LogP contribution is 2.36. The fraction of sp³-hybridized carbons (Fsp3) is 0.360. The highest BCUT2D eigenvalue weighted by molar-refractivity contribution is 7.97. The molecule has 3 aromatic rings. The number of ether oxygens (including phenoxy) is 2. The minimum atomic E-state index is -0.0305. The second kappa shape index (κ2) is 11.5. The van der Waals surface area contributed by atoms with E-state index in [9.17, 15) is 4.79 Å². The van der Waals surface area contributed by atoms with E-state index in [0.29, 0.717) is 18.0 Å². The average Bonchev–Trinajstić information content (AvgIpc) is 3.48. The summed E-state index contributed by atoms with van der Waals surface area (Å²) < 4.78 is 13.2. The molecular weight excluding hydrogens is 454 g/mol. The van der Waals surface area contributed by atoms with E-state index in [1.807, 2.05) is 35.5 Å². The lowest BCUT2D eigenvalue weighted by atomic mass is 10.1. The van der Waals surface area contributed by atoms with Crippen LogP contribution in [-0.4, -0.2) is 35.1 Å². The van der Waals surface area contributed by atoms with Crippen molar-refractivity contribution in [2.24, 2.45) is 0 Å². The van der Waals surface area contributed by atoms with Crippen molar-refractivity contribution in [1.82, 2.24) is 9.29 Å². The Balaban J connectivity index is 1.27. The molecule has 2 heterocycles. The Morgan fingerprint density at radius 1 is 1.09 bits per heavy atom. The van der Waals surface area contributed by atoms with Crippen molar-refractivity contribution in [1.29, 1.82) is 0 Å². The molecular formula is C25H29N3O3S2. The number of nitrogens with zero attached hydrogens (tertiary/aromatic N) is 2. The Morgan fingerprint density at radius 2 is 1.85 bits per heavy atom. The molecule has 1 aliphatic rings. The van der Waals surface area contributed by atoms with Gasteiger partial charge in [0, 0.05) is 35.3 Å². The van der Waals surface area contributed by atoms with Crippen molar-refractivity contribution in [2.75, 3.05) is 25.2 Å². The van der Waals surface area contributed by atoms with Gasteiger partial charge in [0.05, 0.1) is 5.69 Å². The molecule has 8 heteroatoms. The molecule has 1 aliphatic heterocycles. The van der Waals surface area contributed by atoms with E-state index in [2.05, 4.69) is 52.7 Å². The van der Waals surface area contributed by atoms with E-state index in [0.717, 1.165) is 54.3 Å². The summed E-state index contributed by atoms with van der Waals surface area (Å²) in [5.41, 5.74) is 2.90. The second-order valence-corrected chi connectivity index (χ2v) is 9.85. The largest absolute Gasteiger partial charge is 0.454 e. The summed E-state index contributed by atoms with van der Waals surface area (Å²) in [5.74, 6) is 1.43. The molecule has 0 saturated carbocycles. The van der Waals surface area contributed by atoms with E-state index in [4.69, 9.17) is 9.47 Å². The van der Waals surface area contributed by atoms with Crippen LogP contribution in [0.25, 0.3) is 11.3 Å². The number of anilines is 1. The minimum Gasteiger partial charge on any atom is -0.454 e. The number of hydrogen-bond acceptors (Lipinski definition) is 7. The number of aromatic nitrogens is 1. The predicted octanol–water partition coefficient (Wildman–Crippen LogP) is 6.24. The van der Waals surface area contributed by atoms with Gasteiger partial charge in [-0.15, -0.1) is 11.3 Å². The van der Waals surface area contributed by atoms with Gasteiger partial charge in [-0.2, -0.15) is 0 Å².